The highest BCUT2D eigenvalue weighted by Crippen LogP contribution is 2.53. The molecule has 1 aliphatic heterocycles. The molecular weight excluding hydrogens is 509 g/mol. The van der Waals surface area contributed by atoms with E-state index in [9.17, 15) is 4.79 Å². The van der Waals surface area contributed by atoms with E-state index in [2.05, 4.69) is 28.1 Å². The number of aryl methyl sites for hydroxylation is 2. The standard InChI is InChI=1S/C31H34FN5O3/c1-18-10-20(15-37-8-9-39-19(2)14-37)11-24-28(38)25(16-40-29(18)24)27-13-23(12-26(34-27)21-4-5-21)31(32,22-6-7-22)30-35-33-17-36(30)3/h10-13,16-17,19,21-22H,4-9,14-15H2,1-3H3/t19-,31-/m1/s1. The number of rotatable bonds is 7. The predicted molar refractivity (Wildman–Crippen MR) is 149 cm³/mol. The van der Waals surface area contributed by atoms with Crippen LogP contribution in [0, 0.1) is 12.8 Å². The number of morpholine rings is 1. The fourth-order valence-electron chi connectivity index (χ4n) is 6.18. The van der Waals surface area contributed by atoms with Crippen molar-refractivity contribution in [1.82, 2.24) is 24.6 Å². The molecular formula is C31H34FN5O3. The van der Waals surface area contributed by atoms with Gasteiger partial charge in [-0.1, -0.05) is 6.07 Å². The third kappa shape index (κ3) is 4.45. The summed E-state index contributed by atoms with van der Waals surface area (Å²) in [5, 5.41) is 8.66. The van der Waals surface area contributed by atoms with E-state index in [0.29, 0.717) is 34.4 Å². The second kappa shape index (κ2) is 9.59. The van der Waals surface area contributed by atoms with Crippen molar-refractivity contribution in [2.24, 2.45) is 13.0 Å². The van der Waals surface area contributed by atoms with Gasteiger partial charge in [-0.15, -0.1) is 10.2 Å². The zero-order valence-electron chi connectivity index (χ0n) is 23.2. The summed E-state index contributed by atoms with van der Waals surface area (Å²) in [6, 6.07) is 7.63. The molecule has 1 saturated heterocycles. The van der Waals surface area contributed by atoms with Crippen molar-refractivity contribution in [2.45, 2.75) is 63.8 Å². The van der Waals surface area contributed by atoms with E-state index in [-0.39, 0.29) is 29.2 Å². The first-order chi connectivity index (χ1) is 19.3. The van der Waals surface area contributed by atoms with Crippen LogP contribution in [0.1, 0.15) is 66.7 Å². The van der Waals surface area contributed by atoms with E-state index < -0.39 is 5.67 Å². The predicted octanol–water partition coefficient (Wildman–Crippen LogP) is 5.01. The monoisotopic (exact) mass is 543 g/mol. The molecule has 4 heterocycles. The van der Waals surface area contributed by atoms with Crippen molar-refractivity contribution in [3.8, 4) is 11.3 Å². The molecule has 3 aromatic heterocycles. The van der Waals surface area contributed by atoms with Crippen molar-refractivity contribution in [3.63, 3.8) is 0 Å². The maximum absolute atomic E-state index is 17.1. The van der Waals surface area contributed by atoms with E-state index in [0.717, 1.165) is 62.1 Å². The van der Waals surface area contributed by atoms with Crippen molar-refractivity contribution in [3.05, 3.63) is 75.3 Å². The SMILES string of the molecule is Cc1cc(CN2CCO[C@H](C)C2)cc2c(=O)c(-c3cc([C@@](F)(c4nncn4C)C4CC4)cc(C4CC4)n3)coc12. The van der Waals surface area contributed by atoms with Gasteiger partial charge < -0.3 is 13.7 Å². The van der Waals surface area contributed by atoms with Crippen LogP contribution in [0.2, 0.25) is 0 Å². The molecule has 3 aliphatic rings. The fraction of sp³-hybridized carbons (Fsp3) is 0.484. The highest BCUT2D eigenvalue weighted by atomic mass is 19.1. The number of pyridine rings is 1. The first kappa shape index (κ1) is 25.5. The summed E-state index contributed by atoms with van der Waals surface area (Å²) < 4.78 is 30.5. The van der Waals surface area contributed by atoms with Crippen molar-refractivity contribution < 1.29 is 13.5 Å². The van der Waals surface area contributed by atoms with E-state index in [4.69, 9.17) is 14.1 Å². The minimum absolute atomic E-state index is 0.150. The van der Waals surface area contributed by atoms with E-state index in [1.54, 1.807) is 17.7 Å². The largest absolute Gasteiger partial charge is 0.463 e. The van der Waals surface area contributed by atoms with Gasteiger partial charge in [-0.25, -0.2) is 4.39 Å². The van der Waals surface area contributed by atoms with Crippen LogP contribution in [0.15, 0.2) is 46.1 Å². The zero-order chi connectivity index (χ0) is 27.6. The first-order valence-electron chi connectivity index (χ1n) is 14.3. The average molecular weight is 544 g/mol. The lowest BCUT2D eigenvalue weighted by molar-refractivity contribution is -0.0212. The molecule has 0 bridgehead atoms. The number of hydrogen-bond donors (Lipinski definition) is 0. The second-order valence-electron chi connectivity index (χ2n) is 11.9. The Kier molecular flexibility index (Phi) is 6.12. The van der Waals surface area contributed by atoms with Crippen LogP contribution in [0.5, 0.6) is 0 Å². The Bertz CT molecular complexity index is 1660. The number of alkyl halides is 1. The fourth-order valence-corrected chi connectivity index (χ4v) is 6.18. The van der Waals surface area contributed by atoms with Gasteiger partial charge in [0, 0.05) is 49.8 Å². The Balaban J connectivity index is 1.34. The highest BCUT2D eigenvalue weighted by molar-refractivity contribution is 5.84. The van der Waals surface area contributed by atoms with Crippen LogP contribution in [0.4, 0.5) is 4.39 Å². The molecule has 40 heavy (non-hydrogen) atoms. The summed E-state index contributed by atoms with van der Waals surface area (Å²) in [6.45, 7) is 7.19. The number of nitrogens with zero attached hydrogens (tertiary/aromatic N) is 5. The Labute approximate surface area is 232 Å². The quantitative estimate of drug-likeness (QED) is 0.324. The van der Waals surface area contributed by atoms with Crippen molar-refractivity contribution >= 4 is 11.0 Å². The lowest BCUT2D eigenvalue weighted by Gasteiger charge is -2.31. The molecule has 0 N–H and O–H groups in total. The Morgan fingerprint density at radius 3 is 2.67 bits per heavy atom. The molecule has 2 aliphatic carbocycles. The molecule has 208 valence electrons. The zero-order valence-corrected chi connectivity index (χ0v) is 23.2. The number of fused-ring (bicyclic) bond motifs is 1. The molecule has 2 atom stereocenters. The van der Waals surface area contributed by atoms with Crippen LogP contribution in [0.3, 0.4) is 0 Å². The molecule has 4 aromatic rings. The van der Waals surface area contributed by atoms with Gasteiger partial charge in [-0.2, -0.15) is 0 Å². The van der Waals surface area contributed by atoms with Gasteiger partial charge >= 0.3 is 0 Å². The lowest BCUT2D eigenvalue weighted by Crippen LogP contribution is -2.40. The maximum atomic E-state index is 17.1. The number of halogens is 1. The summed E-state index contributed by atoms with van der Waals surface area (Å²) in [7, 11) is 1.77. The summed E-state index contributed by atoms with van der Waals surface area (Å²) in [5.74, 6) is 0.384. The molecule has 3 fully saturated rings. The van der Waals surface area contributed by atoms with Gasteiger partial charge in [-0.3, -0.25) is 14.7 Å². The van der Waals surface area contributed by atoms with Gasteiger partial charge in [0.15, 0.2) is 11.5 Å². The molecule has 1 aromatic carbocycles. The second-order valence-corrected chi connectivity index (χ2v) is 11.9. The minimum atomic E-state index is -1.80. The molecule has 0 amide bonds. The number of hydrogen-bond acceptors (Lipinski definition) is 7. The van der Waals surface area contributed by atoms with Gasteiger partial charge in [-0.05, 0) is 68.9 Å². The van der Waals surface area contributed by atoms with Gasteiger partial charge in [0.25, 0.3) is 0 Å². The van der Waals surface area contributed by atoms with E-state index in [1.165, 1.54) is 12.6 Å². The van der Waals surface area contributed by atoms with Crippen LogP contribution < -0.4 is 5.43 Å². The number of benzene rings is 1. The molecule has 0 unspecified atom stereocenters. The summed E-state index contributed by atoms with van der Waals surface area (Å²) >= 11 is 0. The van der Waals surface area contributed by atoms with Gasteiger partial charge in [0.2, 0.25) is 5.43 Å². The molecule has 2 saturated carbocycles. The Hall–Kier alpha value is -3.43. The van der Waals surface area contributed by atoms with Crippen molar-refractivity contribution in [2.75, 3.05) is 19.7 Å². The van der Waals surface area contributed by atoms with Gasteiger partial charge in [0.05, 0.1) is 29.4 Å². The minimum Gasteiger partial charge on any atom is -0.463 e. The normalized spacial score (nSPS) is 21.6. The molecule has 9 heteroatoms. The van der Waals surface area contributed by atoms with Gasteiger partial charge in [0.1, 0.15) is 18.2 Å². The Morgan fingerprint density at radius 1 is 1.15 bits per heavy atom. The summed E-state index contributed by atoms with van der Waals surface area (Å²) in [4.78, 5) is 21.2. The third-order valence-corrected chi connectivity index (χ3v) is 8.56. The van der Waals surface area contributed by atoms with E-state index >= 15 is 4.39 Å². The summed E-state index contributed by atoms with van der Waals surface area (Å²) in [5.41, 5.74) is 2.70. The third-order valence-electron chi connectivity index (χ3n) is 8.56. The highest BCUT2D eigenvalue weighted by Gasteiger charge is 2.52. The van der Waals surface area contributed by atoms with Crippen LogP contribution in [-0.4, -0.2) is 50.4 Å². The lowest BCUT2D eigenvalue weighted by atomic mass is 9.88. The Morgan fingerprint density at radius 2 is 1.98 bits per heavy atom. The molecule has 8 nitrogen and oxygen atoms in total. The van der Waals surface area contributed by atoms with Crippen molar-refractivity contribution in [1.29, 1.82) is 0 Å². The smallest absolute Gasteiger partial charge is 0.202 e. The first-order valence-corrected chi connectivity index (χ1v) is 14.3. The molecule has 0 spiro atoms. The van der Waals surface area contributed by atoms with E-state index in [1.807, 2.05) is 19.1 Å². The number of aromatic nitrogens is 4. The summed E-state index contributed by atoms with van der Waals surface area (Å²) in [6.07, 6.45) is 6.79. The van der Waals surface area contributed by atoms with Crippen LogP contribution in [-0.2, 0) is 24.0 Å². The topological polar surface area (TPSA) is 86.3 Å². The average Bonchev–Trinajstić information content (AvgIpc) is 3.86. The van der Waals surface area contributed by atoms with Crippen LogP contribution in [0.25, 0.3) is 22.2 Å². The maximum Gasteiger partial charge on any atom is 0.202 e. The van der Waals surface area contributed by atoms with Crippen LogP contribution >= 0.6 is 0 Å². The molecule has 7 rings (SSSR count). The molecule has 0 radical (unpaired) electrons. The number of ether oxygens (including phenoxy) is 1.